The molecule has 0 saturated carbocycles. The standard InChI is InChI=1S/C11H19N3O5S/c1-12(2)10(17)13-4-8-5-14(20(3,18)19)7-11(8,6-13)9(15)16/h8H,4-7H2,1-3H3,(H,15,16)/t8-,11-/m1/s1. The molecule has 0 bridgehead atoms. The number of fused-ring (bicyclic) bond motifs is 1. The van der Waals surface area contributed by atoms with E-state index in [2.05, 4.69) is 0 Å². The molecule has 2 aliphatic rings. The molecule has 0 aromatic carbocycles. The number of hydrogen-bond acceptors (Lipinski definition) is 4. The molecule has 2 atom stereocenters. The third kappa shape index (κ3) is 2.24. The lowest BCUT2D eigenvalue weighted by atomic mass is 9.81. The van der Waals surface area contributed by atoms with E-state index in [9.17, 15) is 23.1 Å². The lowest BCUT2D eigenvalue weighted by Crippen LogP contribution is -2.44. The Hall–Kier alpha value is -1.35. The first-order valence-corrected chi connectivity index (χ1v) is 8.07. The topological polar surface area (TPSA) is 98.2 Å². The summed E-state index contributed by atoms with van der Waals surface area (Å²) in [6, 6.07) is -0.245. The van der Waals surface area contributed by atoms with Gasteiger partial charge in [0.15, 0.2) is 0 Å². The van der Waals surface area contributed by atoms with Crippen LogP contribution in [0.4, 0.5) is 4.79 Å². The van der Waals surface area contributed by atoms with Gasteiger partial charge >= 0.3 is 12.0 Å². The molecule has 2 aliphatic heterocycles. The molecule has 8 nitrogen and oxygen atoms in total. The van der Waals surface area contributed by atoms with Crippen LogP contribution >= 0.6 is 0 Å². The smallest absolute Gasteiger partial charge is 0.319 e. The molecule has 0 aliphatic carbocycles. The molecule has 2 saturated heterocycles. The van der Waals surface area contributed by atoms with Crippen LogP contribution in [0.2, 0.25) is 0 Å². The van der Waals surface area contributed by atoms with E-state index >= 15 is 0 Å². The van der Waals surface area contributed by atoms with Gasteiger partial charge in [-0.15, -0.1) is 0 Å². The van der Waals surface area contributed by atoms with Crippen LogP contribution in [-0.2, 0) is 14.8 Å². The van der Waals surface area contributed by atoms with Crippen molar-refractivity contribution in [3.8, 4) is 0 Å². The Balaban J connectivity index is 2.26. The summed E-state index contributed by atoms with van der Waals surface area (Å²) in [5, 5.41) is 9.52. The minimum Gasteiger partial charge on any atom is -0.481 e. The van der Waals surface area contributed by atoms with Crippen molar-refractivity contribution in [2.45, 2.75) is 0 Å². The van der Waals surface area contributed by atoms with Gasteiger partial charge in [-0.1, -0.05) is 0 Å². The monoisotopic (exact) mass is 305 g/mol. The second kappa shape index (κ2) is 4.59. The van der Waals surface area contributed by atoms with Crippen LogP contribution in [-0.4, -0.2) is 86.2 Å². The Labute approximate surface area is 118 Å². The summed E-state index contributed by atoms with van der Waals surface area (Å²) in [5.74, 6) is -1.40. The van der Waals surface area contributed by atoms with Gasteiger partial charge in [-0.2, -0.15) is 0 Å². The molecule has 2 fully saturated rings. The average Bonchev–Trinajstić information content (AvgIpc) is 2.80. The van der Waals surface area contributed by atoms with Crippen molar-refractivity contribution in [2.24, 2.45) is 11.3 Å². The van der Waals surface area contributed by atoms with Gasteiger partial charge < -0.3 is 14.9 Å². The highest BCUT2D eigenvalue weighted by Crippen LogP contribution is 2.43. The van der Waals surface area contributed by atoms with Crippen molar-refractivity contribution < 1.29 is 23.1 Å². The van der Waals surface area contributed by atoms with Gasteiger partial charge in [-0.05, 0) is 0 Å². The maximum absolute atomic E-state index is 11.9. The van der Waals surface area contributed by atoms with Gasteiger partial charge in [0.25, 0.3) is 0 Å². The zero-order valence-electron chi connectivity index (χ0n) is 11.7. The summed E-state index contributed by atoms with van der Waals surface area (Å²) in [6.07, 6.45) is 1.08. The Morgan fingerprint density at radius 1 is 1.25 bits per heavy atom. The van der Waals surface area contributed by atoms with Crippen molar-refractivity contribution in [1.82, 2.24) is 14.1 Å². The highest BCUT2D eigenvalue weighted by atomic mass is 32.2. The summed E-state index contributed by atoms with van der Waals surface area (Å²) < 4.78 is 24.4. The largest absolute Gasteiger partial charge is 0.481 e. The quantitative estimate of drug-likeness (QED) is 0.701. The van der Waals surface area contributed by atoms with E-state index in [1.807, 2.05) is 0 Å². The van der Waals surface area contributed by atoms with Gasteiger partial charge in [-0.25, -0.2) is 17.5 Å². The SMILES string of the molecule is CN(C)C(=O)N1C[C@@H]2CN(S(C)(=O)=O)C[C@]2(C(=O)O)C1. The lowest BCUT2D eigenvalue weighted by molar-refractivity contribution is -0.148. The summed E-state index contributed by atoms with van der Waals surface area (Å²) in [6.45, 7) is 0.413. The molecule has 0 aromatic heterocycles. The normalized spacial score (nSPS) is 30.4. The first-order valence-electron chi connectivity index (χ1n) is 6.22. The van der Waals surface area contributed by atoms with Gasteiger partial charge in [0.2, 0.25) is 10.0 Å². The Kier molecular flexibility index (Phi) is 3.45. The van der Waals surface area contributed by atoms with E-state index < -0.39 is 21.4 Å². The van der Waals surface area contributed by atoms with Crippen molar-refractivity contribution in [2.75, 3.05) is 46.5 Å². The number of nitrogens with zero attached hydrogens (tertiary/aromatic N) is 3. The van der Waals surface area contributed by atoms with Crippen molar-refractivity contribution >= 4 is 22.0 Å². The van der Waals surface area contributed by atoms with Gasteiger partial charge in [-0.3, -0.25) is 4.79 Å². The zero-order chi connectivity index (χ0) is 15.3. The van der Waals surface area contributed by atoms with E-state index in [4.69, 9.17) is 0 Å². The number of urea groups is 1. The number of carbonyl (C=O) groups is 2. The van der Waals surface area contributed by atoms with Crippen LogP contribution in [0, 0.1) is 11.3 Å². The van der Waals surface area contributed by atoms with Gasteiger partial charge in [0.05, 0.1) is 6.26 Å². The van der Waals surface area contributed by atoms with Crippen molar-refractivity contribution in [3.63, 3.8) is 0 Å². The zero-order valence-corrected chi connectivity index (χ0v) is 12.6. The molecule has 114 valence electrons. The molecule has 0 aromatic rings. The van der Waals surface area contributed by atoms with Crippen LogP contribution in [0.15, 0.2) is 0 Å². The summed E-state index contributed by atoms with van der Waals surface area (Å²) in [4.78, 5) is 26.5. The molecule has 0 radical (unpaired) electrons. The Morgan fingerprint density at radius 3 is 2.25 bits per heavy atom. The van der Waals surface area contributed by atoms with E-state index in [1.165, 1.54) is 14.1 Å². The summed E-state index contributed by atoms with van der Waals surface area (Å²) in [5.41, 5.74) is -1.19. The predicted molar refractivity (Wildman–Crippen MR) is 70.6 cm³/mol. The van der Waals surface area contributed by atoms with Crippen LogP contribution in [0.3, 0.4) is 0 Å². The number of sulfonamides is 1. The minimum atomic E-state index is -3.41. The van der Waals surface area contributed by atoms with E-state index in [-0.39, 0.29) is 38.1 Å². The number of carbonyl (C=O) groups excluding carboxylic acids is 1. The number of carboxylic acid groups (broad SMARTS) is 1. The van der Waals surface area contributed by atoms with Gasteiger partial charge in [0, 0.05) is 46.2 Å². The number of rotatable bonds is 2. The molecule has 0 unspecified atom stereocenters. The maximum atomic E-state index is 11.9. The van der Waals surface area contributed by atoms with E-state index in [0.29, 0.717) is 0 Å². The number of carboxylic acids is 1. The van der Waals surface area contributed by atoms with E-state index in [1.54, 1.807) is 14.1 Å². The molecule has 2 amide bonds. The minimum absolute atomic E-state index is 0.0516. The maximum Gasteiger partial charge on any atom is 0.319 e. The number of hydrogen-bond donors (Lipinski definition) is 1. The number of likely N-dealkylation sites (tertiary alicyclic amines) is 1. The molecule has 20 heavy (non-hydrogen) atoms. The fraction of sp³-hybridized carbons (Fsp3) is 0.818. The van der Waals surface area contributed by atoms with Crippen molar-refractivity contribution in [1.29, 1.82) is 0 Å². The Bertz CT molecular complexity index is 546. The molecule has 2 rings (SSSR count). The third-order valence-electron chi connectivity index (χ3n) is 4.13. The number of amides is 2. The van der Waals surface area contributed by atoms with Crippen LogP contribution in [0.1, 0.15) is 0 Å². The van der Waals surface area contributed by atoms with Crippen LogP contribution in [0.5, 0.6) is 0 Å². The summed E-state index contributed by atoms with van der Waals surface area (Å²) >= 11 is 0. The molecule has 0 spiro atoms. The number of aliphatic carboxylic acids is 1. The molecular formula is C11H19N3O5S. The van der Waals surface area contributed by atoms with Gasteiger partial charge in [0.1, 0.15) is 5.41 Å². The molecule has 1 N–H and O–H groups in total. The first-order chi connectivity index (χ1) is 9.08. The fourth-order valence-electron chi connectivity index (χ4n) is 3.00. The summed E-state index contributed by atoms with van der Waals surface area (Å²) in [7, 11) is -0.206. The highest BCUT2D eigenvalue weighted by molar-refractivity contribution is 7.88. The first kappa shape index (κ1) is 15.0. The molecule has 2 heterocycles. The van der Waals surface area contributed by atoms with Crippen LogP contribution < -0.4 is 0 Å². The molecule has 9 heteroatoms. The second-order valence-corrected chi connectivity index (χ2v) is 7.75. The van der Waals surface area contributed by atoms with Crippen LogP contribution in [0.25, 0.3) is 0 Å². The second-order valence-electron chi connectivity index (χ2n) is 5.77. The molecular weight excluding hydrogens is 286 g/mol. The lowest BCUT2D eigenvalue weighted by Gasteiger charge is -2.26. The fourth-order valence-corrected chi connectivity index (χ4v) is 3.92. The Morgan fingerprint density at radius 2 is 1.85 bits per heavy atom. The third-order valence-corrected chi connectivity index (χ3v) is 5.34. The van der Waals surface area contributed by atoms with Crippen molar-refractivity contribution in [3.05, 3.63) is 0 Å². The highest BCUT2D eigenvalue weighted by Gasteiger charge is 2.60. The predicted octanol–water partition coefficient (Wildman–Crippen LogP) is -1.05. The van der Waals surface area contributed by atoms with E-state index in [0.717, 1.165) is 6.26 Å². The average molecular weight is 305 g/mol.